The van der Waals surface area contributed by atoms with Gasteiger partial charge in [0.15, 0.2) is 5.65 Å². The van der Waals surface area contributed by atoms with E-state index in [2.05, 4.69) is 26.2 Å². The third-order valence-corrected chi connectivity index (χ3v) is 3.61. The lowest BCUT2D eigenvalue weighted by molar-refractivity contribution is 1.07. The van der Waals surface area contributed by atoms with Crippen LogP contribution in [-0.2, 0) is 5.75 Å². The molecule has 3 aromatic rings. The van der Waals surface area contributed by atoms with Gasteiger partial charge in [0, 0.05) is 11.4 Å². The van der Waals surface area contributed by atoms with Crippen LogP contribution >= 0.6 is 11.8 Å². The molecule has 1 aromatic carbocycles. The first-order valence-corrected chi connectivity index (χ1v) is 6.43. The average molecular weight is 257 g/mol. The van der Waals surface area contributed by atoms with Crippen LogP contribution in [0.4, 0.5) is 5.69 Å². The fraction of sp³-hybridized carbons (Fsp3) is 0.0833. The van der Waals surface area contributed by atoms with Gasteiger partial charge in [0.05, 0.1) is 11.6 Å². The molecule has 5 nitrogen and oxygen atoms in total. The van der Waals surface area contributed by atoms with E-state index in [1.54, 1.807) is 24.3 Å². The summed E-state index contributed by atoms with van der Waals surface area (Å²) in [5.41, 5.74) is 8.47. The minimum absolute atomic E-state index is 0.764. The van der Waals surface area contributed by atoms with Crippen LogP contribution in [0.5, 0.6) is 0 Å². The minimum Gasteiger partial charge on any atom is -0.399 e. The summed E-state index contributed by atoms with van der Waals surface area (Å²) >= 11 is 1.65. The second-order valence-electron chi connectivity index (χ2n) is 3.84. The molecule has 0 spiro atoms. The van der Waals surface area contributed by atoms with E-state index in [1.165, 1.54) is 5.56 Å². The number of nitrogens with one attached hydrogen (secondary N) is 1. The molecule has 0 saturated heterocycles. The molecule has 0 saturated carbocycles. The number of H-pyrrole nitrogens is 1. The van der Waals surface area contributed by atoms with Crippen LogP contribution in [0.1, 0.15) is 5.56 Å². The Balaban J connectivity index is 1.83. The predicted molar refractivity (Wildman–Crippen MR) is 72.1 cm³/mol. The van der Waals surface area contributed by atoms with Gasteiger partial charge in [-0.25, -0.2) is 9.97 Å². The first kappa shape index (κ1) is 11.0. The van der Waals surface area contributed by atoms with Crippen molar-refractivity contribution in [3.63, 3.8) is 0 Å². The fourth-order valence-corrected chi connectivity index (χ4v) is 2.60. The molecule has 90 valence electrons. The first-order chi connectivity index (χ1) is 8.83. The van der Waals surface area contributed by atoms with Crippen molar-refractivity contribution < 1.29 is 0 Å². The molecule has 3 rings (SSSR count). The van der Waals surface area contributed by atoms with E-state index < -0.39 is 0 Å². The molecule has 18 heavy (non-hydrogen) atoms. The largest absolute Gasteiger partial charge is 0.399 e. The zero-order valence-electron chi connectivity index (χ0n) is 9.50. The van der Waals surface area contributed by atoms with Crippen LogP contribution in [0.15, 0.2) is 41.8 Å². The van der Waals surface area contributed by atoms with Crippen LogP contribution < -0.4 is 5.73 Å². The number of nitrogens with zero attached hydrogens (tertiary/aromatic N) is 3. The number of nitrogen functional groups attached to an aromatic ring is 1. The number of hydrogen-bond acceptors (Lipinski definition) is 5. The lowest BCUT2D eigenvalue weighted by Crippen LogP contribution is -1.88. The number of aromatic amines is 1. The highest BCUT2D eigenvalue weighted by atomic mass is 32.2. The standard InChI is InChI=1S/C12H11N5S/c13-9-3-1-2-8(4-9)6-18-12-10-5-16-17-11(10)14-7-15-12/h1-5,7H,6,13H2,(H,14,15,16,17). The van der Waals surface area contributed by atoms with E-state index in [1.807, 2.05) is 18.2 Å². The van der Waals surface area contributed by atoms with Crippen molar-refractivity contribution in [2.24, 2.45) is 0 Å². The molecule has 2 heterocycles. The summed E-state index contributed by atoms with van der Waals surface area (Å²) < 4.78 is 0. The van der Waals surface area contributed by atoms with Gasteiger partial charge in [-0.05, 0) is 17.7 Å². The van der Waals surface area contributed by atoms with Crippen molar-refractivity contribution in [1.29, 1.82) is 0 Å². The molecule has 0 atom stereocenters. The van der Waals surface area contributed by atoms with Crippen molar-refractivity contribution >= 4 is 28.5 Å². The Morgan fingerprint density at radius 2 is 2.22 bits per heavy atom. The molecule has 0 unspecified atom stereocenters. The van der Waals surface area contributed by atoms with Crippen molar-refractivity contribution in [2.45, 2.75) is 10.8 Å². The molecular formula is C12H11N5S. The summed E-state index contributed by atoms with van der Waals surface area (Å²) in [6.45, 7) is 0. The Labute approximate surface area is 108 Å². The van der Waals surface area contributed by atoms with Crippen molar-refractivity contribution in [1.82, 2.24) is 20.2 Å². The zero-order chi connectivity index (χ0) is 12.4. The SMILES string of the molecule is Nc1cccc(CSc2ncnc3[nH]ncc23)c1. The van der Waals surface area contributed by atoms with Crippen LogP contribution in [-0.4, -0.2) is 20.2 Å². The lowest BCUT2D eigenvalue weighted by atomic mass is 10.2. The highest BCUT2D eigenvalue weighted by Crippen LogP contribution is 2.26. The molecule has 0 aliphatic carbocycles. The van der Waals surface area contributed by atoms with E-state index in [0.717, 1.165) is 27.5 Å². The van der Waals surface area contributed by atoms with Crippen molar-refractivity contribution in [3.8, 4) is 0 Å². The van der Waals surface area contributed by atoms with Gasteiger partial charge in [-0.2, -0.15) is 5.10 Å². The molecule has 2 aromatic heterocycles. The summed E-state index contributed by atoms with van der Waals surface area (Å²) in [5, 5.41) is 8.68. The topological polar surface area (TPSA) is 80.5 Å². The van der Waals surface area contributed by atoms with E-state index in [9.17, 15) is 0 Å². The second-order valence-corrected chi connectivity index (χ2v) is 4.81. The summed E-state index contributed by atoms with van der Waals surface area (Å²) in [6, 6.07) is 7.86. The minimum atomic E-state index is 0.764. The molecular weight excluding hydrogens is 246 g/mol. The highest BCUT2D eigenvalue weighted by Gasteiger charge is 2.06. The van der Waals surface area contributed by atoms with Gasteiger partial charge in [0.1, 0.15) is 11.4 Å². The van der Waals surface area contributed by atoms with Gasteiger partial charge < -0.3 is 5.73 Å². The van der Waals surface area contributed by atoms with Gasteiger partial charge in [-0.3, -0.25) is 5.10 Å². The normalized spacial score (nSPS) is 10.9. The lowest BCUT2D eigenvalue weighted by Gasteiger charge is -2.02. The number of nitrogens with two attached hydrogens (primary N) is 1. The van der Waals surface area contributed by atoms with Gasteiger partial charge >= 0.3 is 0 Å². The van der Waals surface area contributed by atoms with E-state index in [-0.39, 0.29) is 0 Å². The maximum Gasteiger partial charge on any atom is 0.159 e. The molecule has 0 aliphatic heterocycles. The quantitative estimate of drug-likeness (QED) is 0.427. The third kappa shape index (κ3) is 2.14. The summed E-state index contributed by atoms with van der Waals surface area (Å²) in [4.78, 5) is 8.39. The molecule has 0 aliphatic rings. The van der Waals surface area contributed by atoms with E-state index in [0.29, 0.717) is 0 Å². The average Bonchev–Trinajstić information content (AvgIpc) is 2.85. The molecule has 0 radical (unpaired) electrons. The number of hydrogen-bond donors (Lipinski definition) is 2. The molecule has 3 N–H and O–H groups in total. The van der Waals surface area contributed by atoms with Crippen LogP contribution in [0.3, 0.4) is 0 Å². The molecule has 0 bridgehead atoms. The highest BCUT2D eigenvalue weighted by molar-refractivity contribution is 7.98. The second kappa shape index (κ2) is 4.66. The Morgan fingerprint density at radius 1 is 1.28 bits per heavy atom. The monoisotopic (exact) mass is 257 g/mol. The fourth-order valence-electron chi connectivity index (χ4n) is 1.69. The summed E-state index contributed by atoms with van der Waals surface area (Å²) in [7, 11) is 0. The number of thioether (sulfide) groups is 1. The third-order valence-electron chi connectivity index (χ3n) is 2.54. The van der Waals surface area contributed by atoms with Gasteiger partial charge in [0.25, 0.3) is 0 Å². The number of fused-ring (bicyclic) bond motifs is 1. The number of benzene rings is 1. The maximum absolute atomic E-state index is 5.75. The molecule has 0 amide bonds. The molecule has 6 heteroatoms. The first-order valence-electron chi connectivity index (χ1n) is 5.44. The Hall–Kier alpha value is -2.08. The van der Waals surface area contributed by atoms with Gasteiger partial charge in [-0.15, -0.1) is 11.8 Å². The van der Waals surface area contributed by atoms with Crippen molar-refractivity contribution in [3.05, 3.63) is 42.4 Å². The van der Waals surface area contributed by atoms with Gasteiger partial charge in [0.2, 0.25) is 0 Å². The summed E-state index contributed by atoms with van der Waals surface area (Å²) in [5.74, 6) is 0.822. The molecule has 0 fully saturated rings. The Bertz CT molecular complexity index is 679. The Kier molecular flexibility index (Phi) is 2.85. The Morgan fingerprint density at radius 3 is 3.11 bits per heavy atom. The van der Waals surface area contributed by atoms with E-state index >= 15 is 0 Å². The number of rotatable bonds is 3. The van der Waals surface area contributed by atoms with Crippen LogP contribution in [0.25, 0.3) is 11.0 Å². The smallest absolute Gasteiger partial charge is 0.159 e. The zero-order valence-corrected chi connectivity index (χ0v) is 10.3. The van der Waals surface area contributed by atoms with Crippen molar-refractivity contribution in [2.75, 3.05) is 5.73 Å². The number of anilines is 1. The van der Waals surface area contributed by atoms with Gasteiger partial charge in [-0.1, -0.05) is 12.1 Å². The number of aromatic nitrogens is 4. The van der Waals surface area contributed by atoms with E-state index in [4.69, 9.17) is 5.73 Å². The predicted octanol–water partition coefficient (Wildman–Crippen LogP) is 2.23. The van der Waals surface area contributed by atoms with Crippen LogP contribution in [0.2, 0.25) is 0 Å². The summed E-state index contributed by atoms with van der Waals surface area (Å²) in [6.07, 6.45) is 3.29. The maximum atomic E-state index is 5.75. The van der Waals surface area contributed by atoms with Crippen LogP contribution in [0, 0.1) is 0 Å².